The minimum Gasteiger partial charge on any atom is -0.273 e. The molecule has 0 heterocycles. The Morgan fingerprint density at radius 3 is 1.19 bits per heavy atom. The molecule has 0 radical (unpaired) electrons. The van der Waals surface area contributed by atoms with Gasteiger partial charge in [0.2, 0.25) is 0 Å². The molecule has 0 saturated carbocycles. The zero-order chi connectivity index (χ0) is 23.2. The molecule has 0 atom stereocenters. The van der Waals surface area contributed by atoms with Gasteiger partial charge in [-0.25, -0.2) is 12.2 Å². The molecule has 0 spiro atoms. The van der Waals surface area contributed by atoms with E-state index in [2.05, 4.69) is 67.5 Å². The normalized spacial score (nSPS) is 10.4. The topological polar surface area (TPSA) is 0 Å². The number of allylic oxidation sites excluding steroid dienone is 4. The summed E-state index contributed by atoms with van der Waals surface area (Å²) in [6.45, 7) is 22.4. The molecule has 0 saturated heterocycles. The van der Waals surface area contributed by atoms with Crippen LogP contribution in [0, 0.1) is 61.5 Å². The van der Waals surface area contributed by atoms with E-state index in [1.807, 2.05) is 72.8 Å². The summed E-state index contributed by atoms with van der Waals surface area (Å²) in [4.78, 5) is 0. The van der Waals surface area contributed by atoms with Crippen molar-refractivity contribution in [2.75, 3.05) is 0 Å². The summed E-state index contributed by atoms with van der Waals surface area (Å²) in [7, 11) is 0. The Bertz CT molecular complexity index is 812. The van der Waals surface area contributed by atoms with Crippen molar-refractivity contribution in [1.82, 2.24) is 0 Å². The minimum atomic E-state index is 0. The monoisotopic (exact) mass is 498 g/mol. The van der Waals surface area contributed by atoms with Crippen LogP contribution in [0.4, 0.5) is 0 Å². The quantitative estimate of drug-likeness (QED) is 0.272. The molecule has 0 unspecified atom stereocenters. The molecular weight excluding hydrogens is 464 g/mol. The van der Waals surface area contributed by atoms with Crippen molar-refractivity contribution < 1.29 is 26.2 Å². The van der Waals surface area contributed by atoms with Gasteiger partial charge in [-0.05, 0) is 6.92 Å². The van der Waals surface area contributed by atoms with Crippen LogP contribution in [0.3, 0.4) is 0 Å². The van der Waals surface area contributed by atoms with E-state index in [1.54, 1.807) is 0 Å². The summed E-state index contributed by atoms with van der Waals surface area (Å²) < 4.78 is 0. The maximum Gasteiger partial charge on any atom is 4.00 e. The fourth-order valence-electron chi connectivity index (χ4n) is 2.87. The summed E-state index contributed by atoms with van der Waals surface area (Å²) in [5.74, 6) is 0. The standard InChI is InChI=1S/C12H17.2C7H7.C5H5.Zr/c1-7-8(2)10(4)12(6)11(5)9(7)3;2*1-7-5-3-2-4-6-7;1-2-4-5-3-1;/h1H2,2-6H3;2*2-6H,1H2;1-3H,4H2;/q4*-1;+4. The van der Waals surface area contributed by atoms with Crippen LogP contribution in [0.5, 0.6) is 0 Å². The predicted molar refractivity (Wildman–Crippen MR) is 138 cm³/mol. The molecule has 1 heteroatoms. The van der Waals surface area contributed by atoms with Crippen LogP contribution < -0.4 is 0 Å². The van der Waals surface area contributed by atoms with Crippen molar-refractivity contribution in [3.05, 3.63) is 150 Å². The van der Waals surface area contributed by atoms with E-state index < -0.39 is 0 Å². The molecule has 0 nitrogen and oxygen atoms in total. The SMILES string of the molecule is [C-]1=CC=CC1.[CH2-]c1c(C)c(C)c(C)c(C)c1C.[CH2-]c1ccccc1.[CH2-]c1ccccc1.[Zr+4]. The van der Waals surface area contributed by atoms with E-state index in [9.17, 15) is 0 Å². The molecule has 0 aromatic heterocycles. The predicted octanol–water partition coefficient (Wildman–Crippen LogP) is 8.45. The Hall–Kier alpha value is -2.37. The molecule has 164 valence electrons. The molecule has 0 amide bonds. The maximum absolute atomic E-state index is 4.08. The van der Waals surface area contributed by atoms with Gasteiger partial charge in [0.05, 0.1) is 0 Å². The van der Waals surface area contributed by atoms with E-state index in [0.717, 1.165) is 17.5 Å². The van der Waals surface area contributed by atoms with Crippen molar-refractivity contribution >= 4 is 0 Å². The fraction of sp³-hybridized carbons (Fsp3) is 0.194. The maximum atomic E-state index is 4.08. The third-order valence-corrected chi connectivity index (χ3v) is 5.43. The Kier molecular flexibility index (Phi) is 15.1. The first kappa shape index (κ1) is 29.6. The van der Waals surface area contributed by atoms with Crippen LogP contribution in [0.15, 0.2) is 78.9 Å². The van der Waals surface area contributed by atoms with Gasteiger partial charge in [-0.3, -0.25) is 6.08 Å². The van der Waals surface area contributed by atoms with Crippen LogP contribution in [0.1, 0.15) is 50.9 Å². The molecule has 0 bridgehead atoms. The average molecular weight is 500 g/mol. The zero-order valence-corrected chi connectivity index (χ0v) is 22.8. The summed E-state index contributed by atoms with van der Waals surface area (Å²) in [5.41, 5.74) is 10.2. The molecule has 32 heavy (non-hydrogen) atoms. The van der Waals surface area contributed by atoms with Crippen LogP contribution in [0.25, 0.3) is 0 Å². The van der Waals surface area contributed by atoms with E-state index in [1.165, 1.54) is 33.4 Å². The first-order valence-electron chi connectivity index (χ1n) is 10.6. The molecule has 3 aromatic rings. The van der Waals surface area contributed by atoms with Crippen molar-refractivity contribution in [2.45, 2.75) is 41.0 Å². The minimum absolute atomic E-state index is 0. The van der Waals surface area contributed by atoms with Gasteiger partial charge in [0.25, 0.3) is 0 Å². The van der Waals surface area contributed by atoms with Gasteiger partial charge < -0.3 is 0 Å². The molecule has 0 aliphatic heterocycles. The van der Waals surface area contributed by atoms with Gasteiger partial charge >= 0.3 is 26.2 Å². The van der Waals surface area contributed by atoms with Gasteiger partial charge in [-0.1, -0.05) is 45.4 Å². The molecule has 1 aliphatic carbocycles. The first-order valence-corrected chi connectivity index (χ1v) is 10.6. The number of rotatable bonds is 0. The second-order valence-corrected chi connectivity index (χ2v) is 7.58. The van der Waals surface area contributed by atoms with Crippen LogP contribution in [0.2, 0.25) is 0 Å². The third-order valence-electron chi connectivity index (χ3n) is 5.43. The van der Waals surface area contributed by atoms with Gasteiger partial charge in [-0.15, -0.1) is 52.9 Å². The number of hydrogen-bond donors (Lipinski definition) is 0. The molecule has 0 N–H and O–H groups in total. The van der Waals surface area contributed by atoms with Crippen LogP contribution >= 0.6 is 0 Å². The van der Waals surface area contributed by atoms with Gasteiger partial charge in [-0.2, -0.15) is 67.8 Å². The van der Waals surface area contributed by atoms with Gasteiger partial charge in [0, 0.05) is 0 Å². The van der Waals surface area contributed by atoms with E-state index in [4.69, 9.17) is 0 Å². The van der Waals surface area contributed by atoms with Crippen molar-refractivity contribution in [3.63, 3.8) is 0 Å². The number of hydrogen-bond acceptors (Lipinski definition) is 0. The number of benzene rings is 3. The van der Waals surface area contributed by atoms with E-state index in [0.29, 0.717) is 0 Å². The largest absolute Gasteiger partial charge is 4.00 e. The smallest absolute Gasteiger partial charge is 0.273 e. The average Bonchev–Trinajstić information content (AvgIpc) is 3.37. The van der Waals surface area contributed by atoms with Gasteiger partial charge in [0.1, 0.15) is 0 Å². The molecule has 4 rings (SSSR count). The molecule has 0 fully saturated rings. The first-order chi connectivity index (χ1) is 14.8. The summed E-state index contributed by atoms with van der Waals surface area (Å²) in [6.07, 6.45) is 10.0. The molecular formula is C31H36Zr. The van der Waals surface area contributed by atoms with Crippen LogP contribution in [-0.2, 0) is 26.2 Å². The zero-order valence-electron chi connectivity index (χ0n) is 20.3. The van der Waals surface area contributed by atoms with Crippen molar-refractivity contribution in [2.24, 2.45) is 0 Å². The second kappa shape index (κ2) is 16.3. The summed E-state index contributed by atoms with van der Waals surface area (Å²) >= 11 is 0. The Balaban J connectivity index is 0.000000417. The fourth-order valence-corrected chi connectivity index (χ4v) is 2.87. The summed E-state index contributed by atoms with van der Waals surface area (Å²) in [6, 6.07) is 19.7. The molecule has 1 aliphatic rings. The van der Waals surface area contributed by atoms with Crippen molar-refractivity contribution in [1.29, 1.82) is 0 Å². The summed E-state index contributed by atoms with van der Waals surface area (Å²) in [5, 5.41) is 0. The van der Waals surface area contributed by atoms with Crippen molar-refractivity contribution in [3.8, 4) is 0 Å². The Morgan fingerprint density at radius 2 is 0.969 bits per heavy atom. The third kappa shape index (κ3) is 10.8. The van der Waals surface area contributed by atoms with E-state index in [-0.39, 0.29) is 26.2 Å². The molecule has 3 aromatic carbocycles. The Morgan fingerprint density at radius 1 is 0.594 bits per heavy atom. The van der Waals surface area contributed by atoms with Crippen LogP contribution in [-0.4, -0.2) is 0 Å². The Labute approximate surface area is 216 Å². The van der Waals surface area contributed by atoms with Gasteiger partial charge in [0.15, 0.2) is 0 Å². The second-order valence-electron chi connectivity index (χ2n) is 7.58. The van der Waals surface area contributed by atoms with E-state index >= 15 is 0 Å².